The minimum atomic E-state index is -0.0543. The molecule has 0 aromatic heterocycles. The molecule has 2 aliphatic rings. The van der Waals surface area contributed by atoms with Crippen LogP contribution in [-0.2, 0) is 9.59 Å². The van der Waals surface area contributed by atoms with Crippen LogP contribution in [-0.4, -0.2) is 40.8 Å². The Morgan fingerprint density at radius 3 is 3.12 bits per heavy atom. The molecule has 0 radical (unpaired) electrons. The van der Waals surface area contributed by atoms with Crippen LogP contribution in [0.1, 0.15) is 26.2 Å². The number of unbranched alkanes of at least 4 members (excludes halogenated alkanes) is 2. The molecule has 1 N–H and O–H groups in total. The van der Waals surface area contributed by atoms with Crippen LogP contribution in [0, 0.1) is 0 Å². The molecule has 4 nitrogen and oxygen atoms in total. The summed E-state index contributed by atoms with van der Waals surface area (Å²) in [6, 6.07) is -0.0543. The highest BCUT2D eigenvalue weighted by Crippen LogP contribution is 2.35. The van der Waals surface area contributed by atoms with Crippen LogP contribution in [0.2, 0.25) is 0 Å². The smallest absolute Gasteiger partial charge is 0.247 e. The fraction of sp³-hybridized carbons (Fsp3) is 0.667. The highest BCUT2D eigenvalue weighted by atomic mass is 32.2. The lowest BCUT2D eigenvalue weighted by Crippen LogP contribution is -2.67. The Balaban J connectivity index is 1.82. The lowest BCUT2D eigenvalue weighted by molar-refractivity contribution is -0.141. The van der Waals surface area contributed by atoms with Crippen molar-refractivity contribution >= 4 is 24.0 Å². The second-order valence-corrected chi connectivity index (χ2v) is 5.51. The maximum absolute atomic E-state index is 11.8. The van der Waals surface area contributed by atoms with E-state index in [9.17, 15) is 9.59 Å². The Hall–Kier alpha value is -0.810. The van der Waals surface area contributed by atoms with Gasteiger partial charge in [0.1, 0.15) is 17.7 Å². The summed E-state index contributed by atoms with van der Waals surface area (Å²) in [6.45, 7) is 3.07. The number of aldehydes is 1. The number of fused-ring (bicyclic) bond motifs is 1. The number of nitrogens with one attached hydrogen (secondary N) is 1. The standard InChI is InChI=1S/C12H18N2O2S/c1-2-3-4-5-13-10-11(16)14-6-9(7-15)8-17-12(10)14/h6-7,10,12-13H,2-5,8H2,1H3/t10?,12-/m1/s1. The Labute approximate surface area is 106 Å². The van der Waals surface area contributed by atoms with Gasteiger partial charge in [0.15, 0.2) is 0 Å². The van der Waals surface area contributed by atoms with Crippen molar-refractivity contribution in [3.63, 3.8) is 0 Å². The molecular weight excluding hydrogens is 236 g/mol. The third-order valence-electron chi connectivity index (χ3n) is 3.10. The van der Waals surface area contributed by atoms with Crippen molar-refractivity contribution in [2.75, 3.05) is 12.3 Å². The minimum absolute atomic E-state index is 0.0543. The summed E-state index contributed by atoms with van der Waals surface area (Å²) in [5, 5.41) is 3.49. The van der Waals surface area contributed by atoms with Crippen LogP contribution in [0.15, 0.2) is 11.8 Å². The Bertz CT molecular complexity index is 343. The summed E-state index contributed by atoms with van der Waals surface area (Å²) in [5.74, 6) is 0.809. The number of rotatable bonds is 6. The van der Waals surface area contributed by atoms with E-state index >= 15 is 0 Å². The first-order valence-electron chi connectivity index (χ1n) is 6.11. The van der Waals surface area contributed by atoms with Crippen LogP contribution in [0.4, 0.5) is 0 Å². The number of hydrogen-bond donors (Lipinski definition) is 1. The van der Waals surface area contributed by atoms with E-state index in [1.165, 1.54) is 12.8 Å². The normalized spacial score (nSPS) is 27.2. The van der Waals surface area contributed by atoms with E-state index in [2.05, 4.69) is 12.2 Å². The van der Waals surface area contributed by atoms with Gasteiger partial charge in [-0.15, -0.1) is 11.8 Å². The van der Waals surface area contributed by atoms with Gasteiger partial charge < -0.3 is 10.2 Å². The highest BCUT2D eigenvalue weighted by Gasteiger charge is 2.48. The summed E-state index contributed by atoms with van der Waals surface area (Å²) in [5.41, 5.74) is 0.698. The van der Waals surface area contributed by atoms with Crippen molar-refractivity contribution in [3.05, 3.63) is 11.8 Å². The number of thioether (sulfide) groups is 1. The summed E-state index contributed by atoms with van der Waals surface area (Å²) < 4.78 is 0. The predicted molar refractivity (Wildman–Crippen MR) is 68.6 cm³/mol. The van der Waals surface area contributed by atoms with E-state index in [-0.39, 0.29) is 17.3 Å². The number of β-lactam (4-membered cyclic amide) rings is 1. The first kappa shape index (κ1) is 12.6. The topological polar surface area (TPSA) is 49.4 Å². The van der Waals surface area contributed by atoms with Crippen LogP contribution in [0.5, 0.6) is 0 Å². The highest BCUT2D eigenvalue weighted by molar-refractivity contribution is 8.00. The Morgan fingerprint density at radius 2 is 2.41 bits per heavy atom. The van der Waals surface area contributed by atoms with Crippen molar-refractivity contribution in [1.82, 2.24) is 10.2 Å². The average Bonchev–Trinajstić information content (AvgIpc) is 2.37. The van der Waals surface area contributed by atoms with Gasteiger partial charge in [-0.3, -0.25) is 9.59 Å². The van der Waals surface area contributed by atoms with E-state index in [4.69, 9.17) is 0 Å². The molecule has 1 fully saturated rings. The van der Waals surface area contributed by atoms with Crippen molar-refractivity contribution in [3.8, 4) is 0 Å². The zero-order valence-electron chi connectivity index (χ0n) is 10.0. The van der Waals surface area contributed by atoms with E-state index in [0.717, 1.165) is 19.3 Å². The molecule has 0 aromatic rings. The summed E-state index contributed by atoms with van der Waals surface area (Å²) >= 11 is 1.66. The van der Waals surface area contributed by atoms with Gasteiger partial charge in [-0.1, -0.05) is 19.8 Å². The van der Waals surface area contributed by atoms with Crippen LogP contribution in [0.3, 0.4) is 0 Å². The van der Waals surface area contributed by atoms with Crippen LogP contribution in [0.25, 0.3) is 0 Å². The molecule has 94 valence electrons. The van der Waals surface area contributed by atoms with Crippen molar-refractivity contribution in [2.24, 2.45) is 0 Å². The molecule has 1 unspecified atom stereocenters. The zero-order chi connectivity index (χ0) is 12.3. The van der Waals surface area contributed by atoms with Gasteiger partial charge in [-0.2, -0.15) is 0 Å². The van der Waals surface area contributed by atoms with E-state index in [1.807, 2.05) is 0 Å². The number of amides is 1. The summed E-state index contributed by atoms with van der Waals surface area (Å²) in [7, 11) is 0. The third kappa shape index (κ3) is 2.55. The molecule has 2 rings (SSSR count). The zero-order valence-corrected chi connectivity index (χ0v) is 10.8. The molecule has 2 aliphatic heterocycles. The first-order chi connectivity index (χ1) is 8.27. The Morgan fingerprint density at radius 1 is 1.59 bits per heavy atom. The SMILES string of the molecule is CCCCCNC1C(=O)N2C=C(C=O)CS[C@H]12. The fourth-order valence-electron chi connectivity index (χ4n) is 2.08. The predicted octanol–water partition coefficient (Wildman–Crippen LogP) is 1.13. The summed E-state index contributed by atoms with van der Waals surface area (Å²) in [6.07, 6.45) is 6.03. The van der Waals surface area contributed by atoms with E-state index in [0.29, 0.717) is 11.3 Å². The fourth-order valence-corrected chi connectivity index (χ4v) is 3.32. The molecule has 5 heteroatoms. The summed E-state index contributed by atoms with van der Waals surface area (Å²) in [4.78, 5) is 24.1. The molecule has 0 bridgehead atoms. The molecule has 0 saturated carbocycles. The molecule has 0 aromatic carbocycles. The molecule has 17 heavy (non-hydrogen) atoms. The minimum Gasteiger partial charge on any atom is -0.303 e. The monoisotopic (exact) mass is 254 g/mol. The van der Waals surface area contributed by atoms with Gasteiger partial charge in [0.2, 0.25) is 5.91 Å². The van der Waals surface area contributed by atoms with Gasteiger partial charge >= 0.3 is 0 Å². The van der Waals surface area contributed by atoms with E-state index in [1.54, 1.807) is 22.9 Å². The molecule has 0 spiro atoms. The van der Waals surface area contributed by atoms with Gasteiger partial charge in [0.05, 0.1) is 0 Å². The number of nitrogens with zero attached hydrogens (tertiary/aromatic N) is 1. The molecular formula is C12H18N2O2S. The third-order valence-corrected chi connectivity index (χ3v) is 4.44. The van der Waals surface area contributed by atoms with Gasteiger partial charge in [-0.05, 0) is 13.0 Å². The maximum atomic E-state index is 11.8. The van der Waals surface area contributed by atoms with Gasteiger partial charge in [-0.25, -0.2) is 0 Å². The molecule has 1 saturated heterocycles. The molecule has 2 atom stereocenters. The van der Waals surface area contributed by atoms with Gasteiger partial charge in [0, 0.05) is 17.5 Å². The van der Waals surface area contributed by atoms with Crippen LogP contribution < -0.4 is 5.32 Å². The Kier molecular flexibility index (Phi) is 4.23. The number of carbonyl (C=O) groups excluding carboxylic acids is 2. The van der Waals surface area contributed by atoms with Crippen molar-refractivity contribution in [1.29, 1.82) is 0 Å². The van der Waals surface area contributed by atoms with Crippen LogP contribution >= 0.6 is 11.8 Å². The quantitative estimate of drug-likeness (QED) is 0.438. The molecule has 2 heterocycles. The second-order valence-electron chi connectivity index (χ2n) is 4.41. The second kappa shape index (κ2) is 5.69. The lowest BCUT2D eigenvalue weighted by Gasteiger charge is -2.47. The number of hydrogen-bond acceptors (Lipinski definition) is 4. The van der Waals surface area contributed by atoms with Crippen molar-refractivity contribution in [2.45, 2.75) is 37.6 Å². The average molecular weight is 254 g/mol. The molecule has 0 aliphatic carbocycles. The van der Waals surface area contributed by atoms with Gasteiger partial charge in [0.25, 0.3) is 0 Å². The largest absolute Gasteiger partial charge is 0.303 e. The van der Waals surface area contributed by atoms with Crippen molar-refractivity contribution < 1.29 is 9.59 Å². The first-order valence-corrected chi connectivity index (χ1v) is 7.16. The maximum Gasteiger partial charge on any atom is 0.247 e. The lowest BCUT2D eigenvalue weighted by atomic mass is 10.1. The number of carbonyl (C=O) groups is 2. The molecule has 1 amide bonds. The van der Waals surface area contributed by atoms with E-state index < -0.39 is 0 Å².